The Morgan fingerprint density at radius 3 is 2.47 bits per heavy atom. The second-order valence-electron chi connectivity index (χ2n) is 3.79. The number of fused-ring (bicyclic) bond motifs is 2. The van der Waals surface area contributed by atoms with Crippen molar-refractivity contribution in [2.24, 2.45) is 0 Å². The predicted octanol–water partition coefficient (Wildman–Crippen LogP) is 2.82. The summed E-state index contributed by atoms with van der Waals surface area (Å²) in [5.41, 5.74) is 0.305. The molecule has 0 bridgehead atoms. The van der Waals surface area contributed by atoms with Gasteiger partial charge < -0.3 is 4.42 Å². The molecule has 3 heteroatoms. The van der Waals surface area contributed by atoms with Crippen molar-refractivity contribution in [2.45, 2.75) is 0 Å². The third-order valence-electron chi connectivity index (χ3n) is 2.73. The maximum atomic E-state index is 11.3. The average Bonchev–Trinajstić information content (AvgIpc) is 2.35. The zero-order valence-electron chi connectivity index (χ0n) is 8.81. The van der Waals surface area contributed by atoms with E-state index >= 15 is 0 Å². The fourth-order valence-electron chi connectivity index (χ4n) is 1.94. The van der Waals surface area contributed by atoms with Crippen LogP contribution in [0.5, 0.6) is 0 Å². The summed E-state index contributed by atoms with van der Waals surface area (Å²) in [7, 11) is 0. The molecule has 3 nitrogen and oxygen atoms in total. The highest BCUT2D eigenvalue weighted by molar-refractivity contribution is 5.97. The molecule has 2 aromatic carbocycles. The van der Waals surface area contributed by atoms with Crippen molar-refractivity contribution in [3.8, 4) is 6.07 Å². The molecule has 0 saturated carbocycles. The molecule has 17 heavy (non-hydrogen) atoms. The lowest BCUT2D eigenvalue weighted by Gasteiger charge is -2.01. The molecular formula is C14H7NO2. The Morgan fingerprint density at radius 2 is 1.76 bits per heavy atom. The highest BCUT2D eigenvalue weighted by atomic mass is 16.4. The first kappa shape index (κ1) is 9.61. The molecule has 1 heterocycles. The van der Waals surface area contributed by atoms with Crippen LogP contribution >= 0.6 is 0 Å². The van der Waals surface area contributed by atoms with E-state index in [4.69, 9.17) is 9.68 Å². The van der Waals surface area contributed by atoms with E-state index in [1.54, 1.807) is 6.07 Å². The Morgan fingerprint density at radius 1 is 1.06 bits per heavy atom. The molecular weight excluding hydrogens is 214 g/mol. The summed E-state index contributed by atoms with van der Waals surface area (Å²) in [6, 6.07) is 14.6. The van der Waals surface area contributed by atoms with Crippen molar-refractivity contribution in [3.63, 3.8) is 0 Å². The van der Waals surface area contributed by atoms with Gasteiger partial charge in [-0.25, -0.2) is 4.79 Å². The van der Waals surface area contributed by atoms with Gasteiger partial charge in [0, 0.05) is 11.5 Å². The number of nitriles is 1. The fourth-order valence-corrected chi connectivity index (χ4v) is 1.94. The lowest BCUT2D eigenvalue weighted by molar-refractivity contribution is 0.561. The van der Waals surface area contributed by atoms with E-state index in [2.05, 4.69) is 0 Å². The summed E-state index contributed by atoms with van der Waals surface area (Å²) in [6.07, 6.45) is 0. The third-order valence-corrected chi connectivity index (χ3v) is 2.73. The molecule has 80 valence electrons. The highest BCUT2D eigenvalue weighted by Gasteiger charge is 2.06. The Balaban J connectivity index is 2.57. The number of benzene rings is 2. The molecule has 3 aromatic rings. The minimum absolute atomic E-state index is 0.349. The first-order valence-electron chi connectivity index (χ1n) is 5.15. The molecule has 0 radical (unpaired) electrons. The number of hydrogen-bond donors (Lipinski definition) is 0. The van der Waals surface area contributed by atoms with Crippen LogP contribution in [-0.2, 0) is 0 Å². The van der Waals surface area contributed by atoms with Crippen molar-refractivity contribution in [1.82, 2.24) is 0 Å². The molecule has 0 fully saturated rings. The molecule has 0 spiro atoms. The van der Waals surface area contributed by atoms with Crippen molar-refractivity contribution in [1.29, 1.82) is 5.26 Å². The quantitative estimate of drug-likeness (QED) is 0.433. The van der Waals surface area contributed by atoms with E-state index in [1.165, 1.54) is 6.07 Å². The minimum Gasteiger partial charge on any atom is -0.423 e. The number of hydrogen-bond acceptors (Lipinski definition) is 3. The molecule has 0 saturated heterocycles. The first-order chi connectivity index (χ1) is 8.28. The summed E-state index contributed by atoms with van der Waals surface area (Å²) < 4.78 is 5.11. The van der Waals surface area contributed by atoms with E-state index in [0.717, 1.165) is 10.8 Å². The molecule has 0 N–H and O–H groups in total. The summed E-state index contributed by atoms with van der Waals surface area (Å²) in [5.74, 6) is 0. The van der Waals surface area contributed by atoms with Crippen LogP contribution in [0.1, 0.15) is 5.56 Å². The minimum atomic E-state index is -0.496. The third kappa shape index (κ3) is 1.47. The van der Waals surface area contributed by atoms with Gasteiger partial charge in [0.1, 0.15) is 11.7 Å². The Labute approximate surface area is 96.5 Å². The normalized spacial score (nSPS) is 10.5. The van der Waals surface area contributed by atoms with Gasteiger partial charge in [-0.15, -0.1) is 0 Å². The molecule has 0 unspecified atom stereocenters. The molecule has 0 amide bonds. The number of rotatable bonds is 0. The lowest BCUT2D eigenvalue weighted by Crippen LogP contribution is -1.98. The predicted molar refractivity (Wildman–Crippen MR) is 64.7 cm³/mol. The fraction of sp³-hybridized carbons (Fsp3) is 0. The summed E-state index contributed by atoms with van der Waals surface area (Å²) in [5, 5.41) is 11.7. The summed E-state index contributed by atoms with van der Waals surface area (Å²) in [4.78, 5) is 11.3. The molecule has 0 aliphatic rings. The zero-order chi connectivity index (χ0) is 11.8. The van der Waals surface area contributed by atoms with E-state index < -0.39 is 5.63 Å². The van der Waals surface area contributed by atoms with Gasteiger partial charge in [-0.1, -0.05) is 24.3 Å². The van der Waals surface area contributed by atoms with Gasteiger partial charge >= 0.3 is 5.63 Å². The van der Waals surface area contributed by atoms with Crippen molar-refractivity contribution in [2.75, 3.05) is 0 Å². The van der Waals surface area contributed by atoms with E-state index in [-0.39, 0.29) is 0 Å². The Bertz CT molecular complexity index is 825. The Kier molecular flexibility index (Phi) is 1.96. The zero-order valence-corrected chi connectivity index (χ0v) is 8.81. The molecule has 1 aromatic heterocycles. The van der Waals surface area contributed by atoms with Crippen LogP contribution in [0, 0.1) is 11.3 Å². The van der Waals surface area contributed by atoms with Crippen LogP contribution in [-0.4, -0.2) is 0 Å². The van der Waals surface area contributed by atoms with Crippen molar-refractivity contribution >= 4 is 21.7 Å². The SMILES string of the molecule is N#Cc1cc(=O)oc2cc3ccccc3cc12. The van der Waals surface area contributed by atoms with Gasteiger partial charge in [0.05, 0.1) is 5.56 Å². The maximum Gasteiger partial charge on any atom is 0.337 e. The van der Waals surface area contributed by atoms with Gasteiger partial charge in [0.2, 0.25) is 0 Å². The largest absolute Gasteiger partial charge is 0.423 e. The second kappa shape index (κ2) is 3.46. The molecule has 3 rings (SSSR count). The summed E-state index contributed by atoms with van der Waals surface area (Å²) >= 11 is 0. The Hall–Kier alpha value is -2.60. The van der Waals surface area contributed by atoms with E-state index in [9.17, 15) is 4.79 Å². The molecule has 0 aliphatic heterocycles. The second-order valence-corrected chi connectivity index (χ2v) is 3.79. The van der Waals surface area contributed by atoms with Gasteiger partial charge in [0.15, 0.2) is 0 Å². The standard InChI is InChI=1S/C14H7NO2/c15-8-11-7-14(16)17-13-6-10-4-2-1-3-9(10)5-12(11)13/h1-7H. The lowest BCUT2D eigenvalue weighted by atomic mass is 10.1. The van der Waals surface area contributed by atoms with Crippen LogP contribution in [0.25, 0.3) is 21.7 Å². The molecule has 0 atom stereocenters. The maximum absolute atomic E-state index is 11.3. The topological polar surface area (TPSA) is 54.0 Å². The van der Waals surface area contributed by atoms with Gasteiger partial charge in [-0.3, -0.25) is 0 Å². The van der Waals surface area contributed by atoms with Crippen LogP contribution in [0.4, 0.5) is 0 Å². The van der Waals surface area contributed by atoms with Crippen LogP contribution in [0.2, 0.25) is 0 Å². The molecule has 0 aliphatic carbocycles. The summed E-state index contributed by atoms with van der Waals surface area (Å²) in [6.45, 7) is 0. The van der Waals surface area contributed by atoms with Crippen LogP contribution in [0.3, 0.4) is 0 Å². The van der Waals surface area contributed by atoms with Gasteiger partial charge in [0.25, 0.3) is 0 Å². The number of nitrogens with zero attached hydrogens (tertiary/aromatic N) is 1. The monoisotopic (exact) mass is 221 g/mol. The average molecular weight is 221 g/mol. The van der Waals surface area contributed by atoms with Crippen molar-refractivity contribution in [3.05, 3.63) is 58.4 Å². The first-order valence-corrected chi connectivity index (χ1v) is 5.15. The van der Waals surface area contributed by atoms with E-state index in [1.807, 2.05) is 36.4 Å². The van der Waals surface area contributed by atoms with E-state index in [0.29, 0.717) is 16.5 Å². The van der Waals surface area contributed by atoms with Gasteiger partial charge in [-0.2, -0.15) is 5.26 Å². The smallest absolute Gasteiger partial charge is 0.337 e. The van der Waals surface area contributed by atoms with Crippen LogP contribution < -0.4 is 5.63 Å². The van der Waals surface area contributed by atoms with Gasteiger partial charge in [-0.05, 0) is 22.9 Å². The highest BCUT2D eigenvalue weighted by Crippen LogP contribution is 2.23. The van der Waals surface area contributed by atoms with Crippen LogP contribution in [0.15, 0.2) is 51.7 Å². The van der Waals surface area contributed by atoms with Crippen molar-refractivity contribution < 1.29 is 4.42 Å².